The monoisotopic (exact) mass is 134 g/mol. The number of nitrogens with one attached hydrogen (secondary N) is 1. The highest BCUT2D eigenvalue weighted by Crippen LogP contribution is 1.43. The molecule has 1 rings (SSSR count). The zero-order valence-corrected chi connectivity index (χ0v) is 5.33. The molecule has 50 valence electrons. The Hall–Kier alpha value is -1.85. The van der Waals surface area contributed by atoms with Gasteiger partial charge in [0.2, 0.25) is 0 Å². The summed E-state index contributed by atoms with van der Waals surface area (Å²) in [6.07, 6.45) is 1.40. The third-order valence-corrected chi connectivity index (χ3v) is 0.446. The summed E-state index contributed by atoms with van der Waals surface area (Å²) >= 11 is 0. The molecule has 1 N–H and O–H groups in total. The summed E-state index contributed by atoms with van der Waals surface area (Å²) in [7, 11) is 0. The van der Waals surface area contributed by atoms with E-state index in [2.05, 4.69) is 51.0 Å². The molecular formula is C6H6N4. The van der Waals surface area contributed by atoms with E-state index >= 15 is 0 Å². The van der Waals surface area contributed by atoms with Gasteiger partial charge in [0.25, 0.3) is 0 Å². The summed E-state index contributed by atoms with van der Waals surface area (Å²) in [4.78, 5) is 0. The number of tetrazole rings is 1. The predicted molar refractivity (Wildman–Crippen MR) is 36.0 cm³/mol. The van der Waals surface area contributed by atoms with Gasteiger partial charge in [-0.25, -0.2) is 5.10 Å². The number of nitrogens with zero attached hydrogens (tertiary/aromatic N) is 3. The lowest BCUT2D eigenvalue weighted by atomic mass is 10.8. The van der Waals surface area contributed by atoms with Crippen LogP contribution in [0.25, 0.3) is 0 Å². The molecule has 1 heterocycles. The number of hydrogen-bond donors (Lipinski definition) is 1. The van der Waals surface area contributed by atoms with Gasteiger partial charge < -0.3 is 0 Å². The van der Waals surface area contributed by atoms with Gasteiger partial charge in [0.15, 0.2) is 0 Å². The summed E-state index contributed by atoms with van der Waals surface area (Å²) < 4.78 is 0. The largest absolute Gasteiger partial charge is 0.246 e. The molecule has 0 fully saturated rings. The minimum Gasteiger partial charge on any atom is -0.246 e. The van der Waals surface area contributed by atoms with Gasteiger partial charge in [-0.3, -0.25) is 0 Å². The molecule has 0 saturated carbocycles. The third-order valence-electron chi connectivity index (χ3n) is 0.446. The topological polar surface area (TPSA) is 54.5 Å². The van der Waals surface area contributed by atoms with Crippen molar-refractivity contribution in [2.24, 2.45) is 0 Å². The van der Waals surface area contributed by atoms with Crippen LogP contribution in [0.4, 0.5) is 0 Å². The molecule has 0 spiro atoms. The van der Waals surface area contributed by atoms with Crippen molar-refractivity contribution in [2.75, 3.05) is 0 Å². The number of aromatic amines is 1. The molecule has 0 aliphatic heterocycles. The van der Waals surface area contributed by atoms with Crippen molar-refractivity contribution in [3.8, 4) is 0 Å². The highest BCUT2D eigenvalue weighted by atomic mass is 15.5. The Morgan fingerprint density at radius 3 is 2.10 bits per heavy atom. The third kappa shape index (κ3) is 6.15. The maximum absolute atomic E-state index is 3.31. The normalized spacial score (nSPS) is 5.60. The van der Waals surface area contributed by atoms with E-state index in [4.69, 9.17) is 0 Å². The Kier molecular flexibility index (Phi) is 5.83. The van der Waals surface area contributed by atoms with E-state index in [0.29, 0.717) is 0 Å². The summed E-state index contributed by atoms with van der Waals surface area (Å²) in [6, 6.07) is 0. The van der Waals surface area contributed by atoms with E-state index in [1.165, 1.54) is 6.33 Å². The molecule has 1 aromatic heterocycles. The van der Waals surface area contributed by atoms with Gasteiger partial charge in [0, 0.05) is 0 Å². The van der Waals surface area contributed by atoms with Crippen molar-refractivity contribution in [2.45, 2.75) is 0 Å². The maximum atomic E-state index is 3.31. The minimum absolute atomic E-state index is 1.40. The fourth-order valence-corrected chi connectivity index (χ4v) is 0.192. The Balaban J connectivity index is 0.000000162. The first-order valence-corrected chi connectivity index (χ1v) is 2.38. The van der Waals surface area contributed by atoms with Gasteiger partial charge in [-0.1, -0.05) is 11.5 Å². The second-order valence-corrected chi connectivity index (χ2v) is 1.04. The van der Waals surface area contributed by atoms with Crippen LogP contribution < -0.4 is 0 Å². The first kappa shape index (κ1) is 8.15. The lowest BCUT2D eigenvalue weighted by Crippen LogP contribution is -1.64. The molecule has 0 saturated heterocycles. The maximum Gasteiger partial charge on any atom is 0.135 e. The van der Waals surface area contributed by atoms with E-state index in [1.807, 2.05) is 0 Å². The fraction of sp³-hybridized carbons (Fsp3) is 0. The molecule has 0 aromatic carbocycles. The molecule has 0 amide bonds. The Bertz CT molecular complexity index is 216. The van der Waals surface area contributed by atoms with Gasteiger partial charge in [-0.15, -0.1) is 5.10 Å². The van der Waals surface area contributed by atoms with E-state index in [9.17, 15) is 0 Å². The van der Waals surface area contributed by atoms with Crippen molar-refractivity contribution in [3.05, 3.63) is 36.7 Å². The van der Waals surface area contributed by atoms with Gasteiger partial charge in [0.1, 0.15) is 6.33 Å². The molecule has 1 aromatic rings. The zero-order valence-electron chi connectivity index (χ0n) is 5.33. The molecule has 0 unspecified atom stereocenters. The SMILES string of the molecule is C=C=C=C=C.c1nnn[nH]1. The van der Waals surface area contributed by atoms with Crippen LogP contribution in [-0.2, 0) is 0 Å². The van der Waals surface area contributed by atoms with Crippen molar-refractivity contribution < 1.29 is 0 Å². The lowest BCUT2D eigenvalue weighted by Gasteiger charge is -1.42. The molecule has 4 heteroatoms. The first-order valence-electron chi connectivity index (χ1n) is 2.38. The average molecular weight is 134 g/mol. The number of aromatic nitrogens is 4. The zero-order chi connectivity index (χ0) is 7.66. The molecule has 0 bridgehead atoms. The van der Waals surface area contributed by atoms with Crippen molar-refractivity contribution in [1.82, 2.24) is 20.6 Å². The molecule has 10 heavy (non-hydrogen) atoms. The van der Waals surface area contributed by atoms with Crippen LogP contribution in [0.2, 0.25) is 0 Å². The van der Waals surface area contributed by atoms with E-state index in [1.54, 1.807) is 0 Å². The van der Waals surface area contributed by atoms with Gasteiger partial charge in [-0.05, 0) is 29.3 Å². The molecule has 0 radical (unpaired) electrons. The van der Waals surface area contributed by atoms with Crippen molar-refractivity contribution in [3.63, 3.8) is 0 Å². The van der Waals surface area contributed by atoms with Crippen LogP contribution in [0.1, 0.15) is 0 Å². The van der Waals surface area contributed by atoms with Gasteiger partial charge >= 0.3 is 0 Å². The molecule has 0 atom stereocenters. The van der Waals surface area contributed by atoms with Crippen LogP contribution in [0.5, 0.6) is 0 Å². The van der Waals surface area contributed by atoms with E-state index in [0.717, 1.165) is 0 Å². The summed E-state index contributed by atoms with van der Waals surface area (Å²) in [6.45, 7) is 6.42. The van der Waals surface area contributed by atoms with E-state index in [-0.39, 0.29) is 0 Å². The number of hydrogen-bond acceptors (Lipinski definition) is 3. The fourth-order valence-electron chi connectivity index (χ4n) is 0.192. The van der Waals surface area contributed by atoms with Crippen molar-refractivity contribution in [1.29, 1.82) is 0 Å². The van der Waals surface area contributed by atoms with Gasteiger partial charge in [-0.2, -0.15) is 0 Å². The molecular weight excluding hydrogens is 128 g/mol. The van der Waals surface area contributed by atoms with Gasteiger partial charge in [0.05, 0.1) is 0 Å². The Morgan fingerprint density at radius 1 is 1.30 bits per heavy atom. The Labute approximate surface area is 58.3 Å². The summed E-state index contributed by atoms with van der Waals surface area (Å²) in [5.41, 5.74) is 7.08. The van der Waals surface area contributed by atoms with Crippen LogP contribution in [-0.4, -0.2) is 20.6 Å². The molecule has 0 aliphatic carbocycles. The van der Waals surface area contributed by atoms with Crippen molar-refractivity contribution >= 4 is 0 Å². The summed E-state index contributed by atoms with van der Waals surface area (Å²) in [5, 5.41) is 12.1. The highest BCUT2D eigenvalue weighted by molar-refractivity contribution is 4.74. The second kappa shape index (κ2) is 7.15. The second-order valence-electron chi connectivity index (χ2n) is 1.04. The molecule has 4 nitrogen and oxygen atoms in total. The number of H-pyrrole nitrogens is 1. The minimum atomic E-state index is 1.40. The lowest BCUT2D eigenvalue weighted by molar-refractivity contribution is 0.881. The van der Waals surface area contributed by atoms with E-state index < -0.39 is 0 Å². The summed E-state index contributed by atoms with van der Waals surface area (Å²) in [5.74, 6) is 0. The number of rotatable bonds is 0. The quantitative estimate of drug-likeness (QED) is 0.524. The average Bonchev–Trinajstić information content (AvgIpc) is 2.44. The molecule has 0 aliphatic rings. The van der Waals surface area contributed by atoms with Crippen LogP contribution in [0, 0.1) is 0 Å². The predicted octanol–water partition coefficient (Wildman–Crippen LogP) is 0.467. The van der Waals surface area contributed by atoms with Crippen LogP contribution in [0.3, 0.4) is 0 Å². The smallest absolute Gasteiger partial charge is 0.135 e. The first-order chi connectivity index (χ1) is 4.91. The highest BCUT2D eigenvalue weighted by Gasteiger charge is 1.58. The van der Waals surface area contributed by atoms with Crippen LogP contribution >= 0.6 is 0 Å². The van der Waals surface area contributed by atoms with Crippen LogP contribution in [0.15, 0.2) is 36.7 Å². The Morgan fingerprint density at radius 2 is 2.00 bits per heavy atom. The standard InChI is InChI=1S/C5H4.CH2N4/c1-3-5-4-2;1-2-4-5-3-1/h1-2H2;1H,(H,2,3,4,5).